The van der Waals surface area contributed by atoms with Gasteiger partial charge in [-0.25, -0.2) is 0 Å². The number of fused-ring (bicyclic) bond motifs is 6. The molecule has 4 atom stereocenters. The van der Waals surface area contributed by atoms with E-state index in [-0.39, 0.29) is 11.6 Å². The first-order valence-corrected chi connectivity index (χ1v) is 8.98. The number of nitrogens with zero attached hydrogens (tertiary/aromatic N) is 2. The first kappa shape index (κ1) is 12.5. The fourth-order valence-electron chi connectivity index (χ4n) is 4.82. The number of thioether (sulfide) groups is 1. The maximum Gasteiger partial charge on any atom is 0.169 e. The molecular weight excluding hydrogens is 304 g/mol. The molecule has 0 bridgehead atoms. The summed E-state index contributed by atoms with van der Waals surface area (Å²) in [6.07, 6.45) is 1.36. The average molecular weight is 320 g/mol. The molecule has 3 aliphatic heterocycles. The van der Waals surface area contributed by atoms with Crippen LogP contribution >= 0.6 is 11.8 Å². The van der Waals surface area contributed by atoms with E-state index in [0.29, 0.717) is 12.0 Å². The molecule has 3 nitrogen and oxygen atoms in total. The first-order chi connectivity index (χ1) is 11.3. The maximum absolute atomic E-state index is 6.27. The lowest BCUT2D eigenvalue weighted by molar-refractivity contribution is -0.0574. The van der Waals surface area contributed by atoms with Crippen LogP contribution in [0.2, 0.25) is 0 Å². The lowest BCUT2D eigenvalue weighted by atomic mass is 9.58. The number of benzene rings is 2. The minimum atomic E-state index is 0.111. The van der Waals surface area contributed by atoms with Gasteiger partial charge in [0.05, 0.1) is 17.3 Å². The molecule has 0 aromatic heterocycles. The lowest BCUT2D eigenvalue weighted by Crippen LogP contribution is -2.71. The third-order valence-electron chi connectivity index (χ3n) is 5.85. The molecule has 6 rings (SSSR count). The number of ether oxygens (including phenoxy) is 1. The number of amidine groups is 1. The molecule has 0 saturated heterocycles. The van der Waals surface area contributed by atoms with Crippen LogP contribution in [0, 0.1) is 5.92 Å². The van der Waals surface area contributed by atoms with Crippen LogP contribution in [0.1, 0.15) is 24.9 Å². The van der Waals surface area contributed by atoms with Gasteiger partial charge < -0.3 is 9.64 Å². The van der Waals surface area contributed by atoms with E-state index in [0.717, 1.165) is 17.3 Å². The van der Waals surface area contributed by atoms with E-state index >= 15 is 0 Å². The van der Waals surface area contributed by atoms with E-state index in [9.17, 15) is 0 Å². The van der Waals surface area contributed by atoms with Gasteiger partial charge in [0.25, 0.3) is 0 Å². The van der Waals surface area contributed by atoms with Gasteiger partial charge in [0.15, 0.2) is 5.17 Å². The highest BCUT2D eigenvalue weighted by molar-refractivity contribution is 8.14. The molecule has 2 aromatic rings. The number of rotatable bonds is 0. The third kappa shape index (κ3) is 1.37. The van der Waals surface area contributed by atoms with Gasteiger partial charge in [-0.2, -0.15) is 0 Å². The van der Waals surface area contributed by atoms with Gasteiger partial charge in [-0.05, 0) is 36.9 Å². The van der Waals surface area contributed by atoms with Gasteiger partial charge >= 0.3 is 0 Å². The topological polar surface area (TPSA) is 24.8 Å². The monoisotopic (exact) mass is 320 g/mol. The highest BCUT2D eigenvalue weighted by Crippen LogP contribution is 2.62. The molecule has 1 aliphatic carbocycles. The Morgan fingerprint density at radius 1 is 1.17 bits per heavy atom. The van der Waals surface area contributed by atoms with E-state index in [4.69, 9.17) is 9.73 Å². The predicted molar refractivity (Wildman–Crippen MR) is 92.3 cm³/mol. The number of aliphatic imine (C=N–C) groups is 1. The van der Waals surface area contributed by atoms with Gasteiger partial charge in [-0.1, -0.05) is 30.3 Å². The van der Waals surface area contributed by atoms with Crippen molar-refractivity contribution in [1.82, 2.24) is 0 Å². The van der Waals surface area contributed by atoms with Crippen LogP contribution in [0.4, 0.5) is 5.69 Å². The lowest BCUT2D eigenvalue weighted by Gasteiger charge is -2.62. The summed E-state index contributed by atoms with van der Waals surface area (Å²) >= 11 is 1.81. The van der Waals surface area contributed by atoms with Crippen LogP contribution in [0.25, 0.3) is 0 Å². The van der Waals surface area contributed by atoms with Crippen molar-refractivity contribution >= 4 is 22.6 Å². The zero-order valence-corrected chi connectivity index (χ0v) is 13.6. The summed E-state index contributed by atoms with van der Waals surface area (Å²) in [7, 11) is 0. The van der Waals surface area contributed by atoms with E-state index in [1.807, 2.05) is 11.8 Å². The molecule has 0 N–H and O–H groups in total. The van der Waals surface area contributed by atoms with Crippen molar-refractivity contribution < 1.29 is 4.74 Å². The summed E-state index contributed by atoms with van der Waals surface area (Å²) in [6.45, 7) is 2.38. The second-order valence-corrected chi connectivity index (χ2v) is 8.05. The summed E-state index contributed by atoms with van der Waals surface area (Å²) in [5.41, 5.74) is 2.68. The fourth-order valence-corrected chi connectivity index (χ4v) is 5.99. The summed E-state index contributed by atoms with van der Waals surface area (Å²) in [5, 5.41) is 1.16. The van der Waals surface area contributed by atoms with E-state index in [1.54, 1.807) is 0 Å². The molecule has 2 aromatic carbocycles. The van der Waals surface area contributed by atoms with Gasteiger partial charge in [0, 0.05) is 22.8 Å². The van der Waals surface area contributed by atoms with Crippen LogP contribution in [-0.4, -0.2) is 16.8 Å². The van der Waals surface area contributed by atoms with Crippen molar-refractivity contribution in [1.29, 1.82) is 0 Å². The Morgan fingerprint density at radius 2 is 2.00 bits per heavy atom. The molecule has 3 heterocycles. The SMILES string of the molecule is CC12CC3Oc4ccccc4C(N=C4Sc5ccccc5N41)C32. The van der Waals surface area contributed by atoms with E-state index < -0.39 is 0 Å². The van der Waals surface area contributed by atoms with Crippen molar-refractivity contribution in [3.8, 4) is 5.75 Å². The Bertz CT molecular complexity index is 879. The van der Waals surface area contributed by atoms with Crippen molar-refractivity contribution in [2.24, 2.45) is 10.9 Å². The second kappa shape index (κ2) is 3.93. The van der Waals surface area contributed by atoms with Gasteiger partial charge in [0.2, 0.25) is 0 Å². The molecule has 0 amide bonds. The fraction of sp³-hybridized carbons (Fsp3) is 0.316. The average Bonchev–Trinajstić information content (AvgIpc) is 2.92. The largest absolute Gasteiger partial charge is 0.489 e. The number of para-hydroxylation sites is 2. The maximum atomic E-state index is 6.27. The Morgan fingerprint density at radius 3 is 2.96 bits per heavy atom. The highest BCUT2D eigenvalue weighted by Gasteiger charge is 2.65. The zero-order chi connectivity index (χ0) is 15.2. The summed E-state index contributed by atoms with van der Waals surface area (Å²) in [5.74, 6) is 1.46. The molecule has 0 radical (unpaired) electrons. The molecule has 4 unspecified atom stereocenters. The van der Waals surface area contributed by atoms with Crippen LogP contribution in [0.5, 0.6) is 5.75 Å². The number of hydrogen-bond donors (Lipinski definition) is 0. The van der Waals surface area contributed by atoms with Crippen molar-refractivity contribution in [3.63, 3.8) is 0 Å². The molecule has 23 heavy (non-hydrogen) atoms. The molecule has 4 heteroatoms. The van der Waals surface area contributed by atoms with E-state index in [1.165, 1.54) is 16.1 Å². The van der Waals surface area contributed by atoms with Gasteiger partial charge in [-0.15, -0.1) is 0 Å². The van der Waals surface area contributed by atoms with E-state index in [2.05, 4.69) is 60.4 Å². The predicted octanol–water partition coefficient (Wildman–Crippen LogP) is 4.25. The third-order valence-corrected chi connectivity index (χ3v) is 6.88. The minimum Gasteiger partial charge on any atom is -0.489 e. The van der Waals surface area contributed by atoms with Crippen LogP contribution < -0.4 is 9.64 Å². The first-order valence-electron chi connectivity index (χ1n) is 8.16. The van der Waals surface area contributed by atoms with Crippen molar-refractivity contribution in [2.45, 2.75) is 35.9 Å². The molecule has 1 saturated carbocycles. The molecule has 114 valence electrons. The van der Waals surface area contributed by atoms with Crippen LogP contribution in [0.15, 0.2) is 58.4 Å². The van der Waals surface area contributed by atoms with Gasteiger partial charge in [-0.3, -0.25) is 4.99 Å². The number of hydrogen-bond acceptors (Lipinski definition) is 4. The standard InChI is InChI=1S/C19H16N2OS/c1-19-10-14-16(19)17(11-6-2-4-8-13(11)22-14)20-18-21(19)12-7-3-5-9-15(12)23-18/h2-9,14,16-17H,10H2,1H3. The van der Waals surface area contributed by atoms with Crippen LogP contribution in [-0.2, 0) is 0 Å². The Hall–Kier alpha value is -1.94. The van der Waals surface area contributed by atoms with Crippen molar-refractivity contribution in [2.75, 3.05) is 4.90 Å². The second-order valence-electron chi connectivity index (χ2n) is 7.04. The summed E-state index contributed by atoms with van der Waals surface area (Å²) in [6, 6.07) is 17.3. The Kier molecular flexibility index (Phi) is 2.13. The quantitative estimate of drug-likeness (QED) is 0.725. The minimum absolute atomic E-state index is 0.111. The smallest absolute Gasteiger partial charge is 0.169 e. The summed E-state index contributed by atoms with van der Waals surface area (Å²) in [4.78, 5) is 8.97. The molecule has 1 fully saturated rings. The zero-order valence-electron chi connectivity index (χ0n) is 12.8. The normalized spacial score (nSPS) is 35.1. The summed E-state index contributed by atoms with van der Waals surface area (Å²) < 4.78 is 6.27. The molecule has 4 aliphatic rings. The Balaban J connectivity index is 1.58. The molecule has 0 spiro atoms. The van der Waals surface area contributed by atoms with Crippen molar-refractivity contribution in [3.05, 3.63) is 54.1 Å². The highest BCUT2D eigenvalue weighted by atomic mass is 32.2. The van der Waals surface area contributed by atoms with Gasteiger partial charge in [0.1, 0.15) is 11.9 Å². The van der Waals surface area contributed by atoms with Crippen LogP contribution in [0.3, 0.4) is 0 Å². The molecular formula is C19H16N2OS. The number of anilines is 1. The Labute approximate surface area is 139 Å².